The standard InChI is InChI=1S/C19H30ClN3O/c1-3-9-21(10-4-2)11-8-19(24)23-14-12-22(13-15-23)18-7-5-6-17(20)16-18/h5-7,16H,3-4,8-15H2,1-2H3. The normalized spacial score (nSPS) is 15.2. The molecule has 1 aliphatic rings. The van der Waals surface area contributed by atoms with Gasteiger partial charge in [-0.25, -0.2) is 0 Å². The molecule has 5 heteroatoms. The maximum atomic E-state index is 12.5. The Morgan fingerprint density at radius 2 is 1.75 bits per heavy atom. The highest BCUT2D eigenvalue weighted by molar-refractivity contribution is 6.30. The van der Waals surface area contributed by atoms with Crippen LogP contribution >= 0.6 is 11.6 Å². The lowest BCUT2D eigenvalue weighted by Crippen LogP contribution is -2.49. The van der Waals surface area contributed by atoms with E-state index in [0.29, 0.717) is 6.42 Å². The minimum Gasteiger partial charge on any atom is -0.368 e. The number of hydrogen-bond donors (Lipinski definition) is 0. The maximum Gasteiger partial charge on any atom is 0.223 e. The highest BCUT2D eigenvalue weighted by Gasteiger charge is 2.21. The van der Waals surface area contributed by atoms with Crippen LogP contribution in [0.1, 0.15) is 33.1 Å². The van der Waals surface area contributed by atoms with E-state index in [0.717, 1.165) is 69.4 Å². The van der Waals surface area contributed by atoms with Gasteiger partial charge in [0, 0.05) is 49.9 Å². The van der Waals surface area contributed by atoms with Crippen LogP contribution in [0.5, 0.6) is 0 Å². The highest BCUT2D eigenvalue weighted by Crippen LogP contribution is 2.20. The summed E-state index contributed by atoms with van der Waals surface area (Å²) < 4.78 is 0. The number of rotatable bonds is 8. The van der Waals surface area contributed by atoms with Crippen molar-refractivity contribution < 1.29 is 4.79 Å². The first-order valence-electron chi connectivity index (χ1n) is 9.14. The second-order valence-electron chi connectivity index (χ2n) is 6.44. The zero-order valence-corrected chi connectivity index (χ0v) is 15.8. The van der Waals surface area contributed by atoms with Crippen LogP contribution < -0.4 is 4.90 Å². The van der Waals surface area contributed by atoms with Gasteiger partial charge in [-0.3, -0.25) is 4.79 Å². The number of nitrogens with zero attached hydrogens (tertiary/aromatic N) is 3. The molecule has 1 heterocycles. The Labute approximate surface area is 151 Å². The third-order valence-corrected chi connectivity index (χ3v) is 4.76. The van der Waals surface area contributed by atoms with E-state index in [1.807, 2.05) is 23.1 Å². The number of amides is 1. The lowest BCUT2D eigenvalue weighted by atomic mass is 10.2. The Morgan fingerprint density at radius 1 is 1.08 bits per heavy atom. The van der Waals surface area contributed by atoms with Crippen molar-refractivity contribution in [2.45, 2.75) is 33.1 Å². The molecule has 1 aromatic carbocycles. The molecule has 0 radical (unpaired) electrons. The van der Waals surface area contributed by atoms with Crippen molar-refractivity contribution in [2.75, 3.05) is 50.7 Å². The number of piperazine rings is 1. The molecule has 0 atom stereocenters. The van der Waals surface area contributed by atoms with Crippen LogP contribution in [0.4, 0.5) is 5.69 Å². The molecule has 0 spiro atoms. The van der Waals surface area contributed by atoms with Crippen molar-refractivity contribution in [2.24, 2.45) is 0 Å². The number of hydrogen-bond acceptors (Lipinski definition) is 3. The Bertz CT molecular complexity index is 509. The summed E-state index contributed by atoms with van der Waals surface area (Å²) in [6.45, 7) is 10.8. The highest BCUT2D eigenvalue weighted by atomic mass is 35.5. The predicted molar refractivity (Wildman–Crippen MR) is 102 cm³/mol. The number of carbonyl (C=O) groups is 1. The summed E-state index contributed by atoms with van der Waals surface area (Å²) in [5, 5.41) is 0.762. The Balaban J connectivity index is 1.78. The second kappa shape index (κ2) is 9.90. The van der Waals surface area contributed by atoms with E-state index in [1.165, 1.54) is 0 Å². The molecule has 134 valence electrons. The molecular formula is C19H30ClN3O. The largest absolute Gasteiger partial charge is 0.368 e. The summed E-state index contributed by atoms with van der Waals surface area (Å²) in [7, 11) is 0. The summed E-state index contributed by atoms with van der Waals surface area (Å²) in [4.78, 5) is 19.2. The van der Waals surface area contributed by atoms with Crippen molar-refractivity contribution in [3.63, 3.8) is 0 Å². The molecule has 1 aromatic rings. The van der Waals surface area contributed by atoms with Gasteiger partial charge in [-0.05, 0) is 44.1 Å². The molecule has 24 heavy (non-hydrogen) atoms. The summed E-state index contributed by atoms with van der Waals surface area (Å²) in [6, 6.07) is 7.94. The quantitative estimate of drug-likeness (QED) is 0.717. The van der Waals surface area contributed by atoms with Gasteiger partial charge in [0.05, 0.1) is 0 Å². The van der Waals surface area contributed by atoms with E-state index < -0.39 is 0 Å². The van der Waals surface area contributed by atoms with E-state index >= 15 is 0 Å². The monoisotopic (exact) mass is 351 g/mol. The van der Waals surface area contributed by atoms with Gasteiger partial charge in [0.1, 0.15) is 0 Å². The fourth-order valence-corrected chi connectivity index (χ4v) is 3.45. The molecule has 0 N–H and O–H groups in total. The Morgan fingerprint density at radius 3 is 2.33 bits per heavy atom. The lowest BCUT2D eigenvalue weighted by molar-refractivity contribution is -0.131. The molecule has 0 aromatic heterocycles. The molecule has 1 amide bonds. The number of carbonyl (C=O) groups excluding carboxylic acids is 1. The first kappa shape index (κ1) is 19.1. The van der Waals surface area contributed by atoms with Gasteiger partial charge in [0.25, 0.3) is 0 Å². The molecule has 0 bridgehead atoms. The van der Waals surface area contributed by atoms with Crippen LogP contribution in [0.15, 0.2) is 24.3 Å². The van der Waals surface area contributed by atoms with Gasteiger partial charge in [-0.15, -0.1) is 0 Å². The van der Waals surface area contributed by atoms with Crippen LogP contribution in [0, 0.1) is 0 Å². The summed E-state index contributed by atoms with van der Waals surface area (Å²) in [5.74, 6) is 0.290. The van der Waals surface area contributed by atoms with Crippen LogP contribution in [0.2, 0.25) is 5.02 Å². The molecule has 1 aliphatic heterocycles. The Kier molecular flexibility index (Phi) is 7.86. The zero-order valence-electron chi connectivity index (χ0n) is 15.0. The molecule has 0 aliphatic carbocycles. The fourth-order valence-electron chi connectivity index (χ4n) is 3.27. The summed E-state index contributed by atoms with van der Waals surface area (Å²) in [5.41, 5.74) is 1.15. The smallest absolute Gasteiger partial charge is 0.223 e. The minimum atomic E-state index is 0.290. The van der Waals surface area contributed by atoms with Crippen LogP contribution in [-0.2, 0) is 4.79 Å². The minimum absolute atomic E-state index is 0.290. The topological polar surface area (TPSA) is 26.8 Å². The van der Waals surface area contributed by atoms with Crippen molar-refractivity contribution in [3.05, 3.63) is 29.3 Å². The van der Waals surface area contributed by atoms with Gasteiger partial charge in [-0.2, -0.15) is 0 Å². The van der Waals surface area contributed by atoms with Crippen LogP contribution in [-0.4, -0.2) is 61.5 Å². The van der Waals surface area contributed by atoms with E-state index in [1.54, 1.807) is 0 Å². The molecule has 0 unspecified atom stereocenters. The van der Waals surface area contributed by atoms with Crippen LogP contribution in [0.25, 0.3) is 0 Å². The van der Waals surface area contributed by atoms with E-state index in [-0.39, 0.29) is 5.91 Å². The average Bonchev–Trinajstić information content (AvgIpc) is 2.60. The van der Waals surface area contributed by atoms with Crippen LogP contribution in [0.3, 0.4) is 0 Å². The molecule has 4 nitrogen and oxygen atoms in total. The van der Waals surface area contributed by atoms with Gasteiger partial charge in [0.2, 0.25) is 5.91 Å². The van der Waals surface area contributed by atoms with Crippen molar-refractivity contribution in [3.8, 4) is 0 Å². The summed E-state index contributed by atoms with van der Waals surface area (Å²) in [6.07, 6.45) is 2.93. The number of halogens is 1. The molecule has 2 rings (SSSR count). The van der Waals surface area contributed by atoms with E-state index in [2.05, 4.69) is 29.7 Å². The average molecular weight is 352 g/mol. The second-order valence-corrected chi connectivity index (χ2v) is 6.88. The first-order chi connectivity index (χ1) is 11.6. The first-order valence-corrected chi connectivity index (χ1v) is 9.52. The van der Waals surface area contributed by atoms with Gasteiger partial charge < -0.3 is 14.7 Å². The SMILES string of the molecule is CCCN(CCC)CCC(=O)N1CCN(c2cccc(Cl)c2)CC1. The number of benzene rings is 1. The lowest BCUT2D eigenvalue weighted by Gasteiger charge is -2.36. The van der Waals surface area contributed by atoms with E-state index in [9.17, 15) is 4.79 Å². The molecule has 1 saturated heterocycles. The van der Waals surface area contributed by atoms with Gasteiger partial charge in [-0.1, -0.05) is 31.5 Å². The van der Waals surface area contributed by atoms with Gasteiger partial charge >= 0.3 is 0 Å². The molecule has 0 saturated carbocycles. The fraction of sp³-hybridized carbons (Fsp3) is 0.632. The molecule has 1 fully saturated rings. The summed E-state index contributed by atoms with van der Waals surface area (Å²) >= 11 is 6.07. The zero-order chi connectivity index (χ0) is 17.4. The van der Waals surface area contributed by atoms with Crippen molar-refractivity contribution >= 4 is 23.2 Å². The maximum absolute atomic E-state index is 12.5. The number of anilines is 1. The predicted octanol–water partition coefficient (Wildman–Crippen LogP) is 3.50. The third kappa shape index (κ3) is 5.67. The van der Waals surface area contributed by atoms with Crippen molar-refractivity contribution in [1.29, 1.82) is 0 Å². The third-order valence-electron chi connectivity index (χ3n) is 4.53. The molecular weight excluding hydrogens is 322 g/mol. The Hall–Kier alpha value is -1.26. The van der Waals surface area contributed by atoms with Gasteiger partial charge in [0.15, 0.2) is 0 Å². The van der Waals surface area contributed by atoms with Crippen molar-refractivity contribution in [1.82, 2.24) is 9.80 Å². The van der Waals surface area contributed by atoms with E-state index in [4.69, 9.17) is 11.6 Å².